The minimum absolute atomic E-state index is 0.132. The molecule has 0 saturated carbocycles. The number of carbonyl (C=O) groups is 1. The second kappa shape index (κ2) is 5.46. The van der Waals surface area contributed by atoms with Gasteiger partial charge in [-0.1, -0.05) is 6.92 Å². The Morgan fingerprint density at radius 2 is 2.25 bits per heavy atom. The number of hydrogen-bond donors (Lipinski definition) is 0. The van der Waals surface area contributed by atoms with Crippen LogP contribution in [0.3, 0.4) is 0 Å². The van der Waals surface area contributed by atoms with Gasteiger partial charge in [-0.3, -0.25) is 4.79 Å². The van der Waals surface area contributed by atoms with Gasteiger partial charge in [0.05, 0.1) is 26.1 Å². The molecular weight excluding hydrogens is 251 g/mol. The predicted octanol–water partition coefficient (Wildman–Crippen LogP) is 1.88. The van der Waals surface area contributed by atoms with Gasteiger partial charge < -0.3 is 4.74 Å². The third-order valence-electron chi connectivity index (χ3n) is 2.29. The van der Waals surface area contributed by atoms with Gasteiger partial charge in [-0.15, -0.1) is 0 Å². The lowest BCUT2D eigenvalue weighted by Gasteiger charge is -2.10. The molecule has 1 heterocycles. The van der Waals surface area contributed by atoms with Crippen LogP contribution in [0.15, 0.2) is 6.33 Å². The maximum atomic E-state index is 11.2. The molecule has 1 rings (SSSR count). The summed E-state index contributed by atoms with van der Waals surface area (Å²) in [5.74, 6) is -0.432. The van der Waals surface area contributed by atoms with Gasteiger partial charge in [0.25, 0.3) is 6.33 Å². The average Bonchev–Trinajstić information content (AvgIpc) is 2.24. The van der Waals surface area contributed by atoms with Gasteiger partial charge in [0, 0.05) is 5.92 Å². The third kappa shape index (κ3) is 2.83. The highest BCUT2D eigenvalue weighted by Crippen LogP contribution is 2.29. The lowest BCUT2D eigenvalue weighted by Crippen LogP contribution is -2.31. The summed E-state index contributed by atoms with van der Waals surface area (Å²) < 4.78 is 6.25. The second-order valence-corrected chi connectivity index (χ2v) is 4.25. The first kappa shape index (κ1) is 13.2. The number of nitrogens with zero attached hydrogens (tertiary/aromatic N) is 2. The van der Waals surface area contributed by atoms with Gasteiger partial charge in [-0.05, 0) is 28.2 Å². The first-order valence-corrected chi connectivity index (χ1v) is 5.49. The molecule has 0 aliphatic carbocycles. The summed E-state index contributed by atoms with van der Waals surface area (Å²) in [6.45, 7) is 1.85. The smallest absolute Gasteiger partial charge is 0.306 e. The summed E-state index contributed by atoms with van der Waals surface area (Å²) in [6.07, 6.45) is 1.75. The Kier molecular flexibility index (Phi) is 4.50. The van der Waals surface area contributed by atoms with Crippen LogP contribution in [-0.2, 0) is 16.6 Å². The molecule has 1 aromatic heterocycles. The minimum Gasteiger partial charge on any atom is -0.469 e. The van der Waals surface area contributed by atoms with Crippen molar-refractivity contribution < 1.29 is 14.1 Å². The fourth-order valence-electron chi connectivity index (χ4n) is 1.37. The summed E-state index contributed by atoms with van der Waals surface area (Å²) in [5, 5.41) is 0.802. The Morgan fingerprint density at radius 3 is 2.81 bits per heavy atom. The Hall–Kier alpha value is -0.870. The van der Waals surface area contributed by atoms with Gasteiger partial charge in [0.1, 0.15) is 0 Å². The van der Waals surface area contributed by atoms with Gasteiger partial charge in [0.15, 0.2) is 0 Å². The van der Waals surface area contributed by atoms with Crippen molar-refractivity contribution in [2.24, 2.45) is 7.05 Å². The number of aryl methyl sites for hydroxylation is 1. The van der Waals surface area contributed by atoms with Crippen molar-refractivity contribution in [3.05, 3.63) is 22.2 Å². The molecule has 0 spiro atoms. The van der Waals surface area contributed by atoms with E-state index in [1.807, 2.05) is 6.92 Å². The zero-order chi connectivity index (χ0) is 12.3. The maximum Gasteiger partial charge on any atom is 0.306 e. The molecule has 0 aliphatic rings. The van der Waals surface area contributed by atoms with Crippen molar-refractivity contribution in [2.45, 2.75) is 19.3 Å². The number of carbonyl (C=O) groups excluding carboxylic acids is 1. The molecule has 1 aromatic rings. The highest BCUT2D eigenvalue weighted by molar-refractivity contribution is 6.34. The SMILES string of the molecule is COC(=O)C[C@@H](C)c1c(Cl)nc[n+](C)c1Cl. The Bertz CT molecular complexity index is 410. The highest BCUT2D eigenvalue weighted by Gasteiger charge is 2.24. The predicted molar refractivity (Wildman–Crippen MR) is 60.5 cm³/mol. The molecule has 88 valence electrons. The topological polar surface area (TPSA) is 43.1 Å². The highest BCUT2D eigenvalue weighted by atomic mass is 35.5. The zero-order valence-electron chi connectivity index (χ0n) is 9.33. The number of esters is 1. The molecular formula is C10H13Cl2N2O2+. The molecule has 4 nitrogen and oxygen atoms in total. The quantitative estimate of drug-likeness (QED) is 0.475. The molecule has 6 heteroatoms. The standard InChI is InChI=1S/C10H13Cl2N2O2/c1-6(4-7(15)16-3)8-9(11)13-5-14(2)10(8)12/h5-6H,4H2,1-3H3/q+1/t6-/m1/s1. The molecule has 0 radical (unpaired) electrons. The van der Waals surface area contributed by atoms with Gasteiger partial charge in [-0.2, -0.15) is 0 Å². The average molecular weight is 264 g/mol. The first-order valence-electron chi connectivity index (χ1n) is 4.73. The normalized spacial score (nSPS) is 12.3. The lowest BCUT2D eigenvalue weighted by molar-refractivity contribution is -0.672. The molecule has 0 bridgehead atoms. The van der Waals surface area contributed by atoms with Crippen molar-refractivity contribution in [2.75, 3.05) is 7.11 Å². The second-order valence-electron chi connectivity index (χ2n) is 3.53. The molecule has 0 N–H and O–H groups in total. The molecule has 0 saturated heterocycles. The van der Waals surface area contributed by atoms with Crippen LogP contribution in [0, 0.1) is 0 Å². The molecule has 0 amide bonds. The van der Waals surface area contributed by atoms with E-state index in [9.17, 15) is 4.79 Å². The number of halogens is 2. The van der Waals surface area contributed by atoms with Crippen LogP contribution in [0.2, 0.25) is 10.3 Å². The number of methoxy groups -OCH3 is 1. The molecule has 0 aromatic carbocycles. The fraction of sp³-hybridized carbons (Fsp3) is 0.500. The van der Waals surface area contributed by atoms with E-state index in [-0.39, 0.29) is 18.3 Å². The molecule has 0 unspecified atom stereocenters. The van der Waals surface area contributed by atoms with Crippen LogP contribution in [0.5, 0.6) is 0 Å². The van der Waals surface area contributed by atoms with E-state index in [2.05, 4.69) is 9.72 Å². The van der Waals surface area contributed by atoms with Crippen LogP contribution in [0.1, 0.15) is 24.8 Å². The summed E-state index contributed by atoms with van der Waals surface area (Å²) in [5.41, 5.74) is 0.665. The summed E-state index contributed by atoms with van der Waals surface area (Å²) in [6, 6.07) is 0. The van der Waals surface area contributed by atoms with Crippen LogP contribution in [0.4, 0.5) is 0 Å². The van der Waals surface area contributed by atoms with E-state index in [0.29, 0.717) is 15.9 Å². The maximum absolute atomic E-state index is 11.2. The van der Waals surface area contributed by atoms with E-state index in [0.717, 1.165) is 0 Å². The van der Waals surface area contributed by atoms with Crippen LogP contribution >= 0.6 is 23.2 Å². The van der Waals surface area contributed by atoms with Crippen molar-refractivity contribution >= 4 is 29.2 Å². The Labute approximate surface area is 104 Å². The zero-order valence-corrected chi connectivity index (χ0v) is 10.8. The van der Waals surface area contributed by atoms with Crippen LogP contribution in [-0.4, -0.2) is 18.1 Å². The van der Waals surface area contributed by atoms with E-state index in [1.54, 1.807) is 11.6 Å². The van der Waals surface area contributed by atoms with Gasteiger partial charge in [-0.25, -0.2) is 4.57 Å². The lowest BCUT2D eigenvalue weighted by atomic mass is 10.0. The van der Waals surface area contributed by atoms with E-state index in [1.165, 1.54) is 13.4 Å². The van der Waals surface area contributed by atoms with Crippen molar-refractivity contribution in [3.63, 3.8) is 0 Å². The van der Waals surface area contributed by atoms with Crippen LogP contribution in [0.25, 0.3) is 0 Å². The molecule has 0 fully saturated rings. The molecule has 0 aliphatic heterocycles. The largest absolute Gasteiger partial charge is 0.469 e. The number of aromatic nitrogens is 2. The van der Waals surface area contributed by atoms with Crippen molar-refractivity contribution in [3.8, 4) is 0 Å². The van der Waals surface area contributed by atoms with E-state index < -0.39 is 0 Å². The fourth-order valence-corrected chi connectivity index (χ4v) is 2.06. The van der Waals surface area contributed by atoms with Crippen LogP contribution < -0.4 is 4.57 Å². The van der Waals surface area contributed by atoms with Crippen molar-refractivity contribution in [1.82, 2.24) is 4.98 Å². The van der Waals surface area contributed by atoms with Gasteiger partial charge in [0.2, 0.25) is 10.3 Å². The number of ether oxygens (including phenoxy) is 1. The number of rotatable bonds is 3. The first-order chi connectivity index (χ1) is 7.47. The summed E-state index contributed by atoms with van der Waals surface area (Å²) in [7, 11) is 3.11. The van der Waals surface area contributed by atoms with E-state index >= 15 is 0 Å². The Balaban J connectivity index is 3.03. The Morgan fingerprint density at radius 1 is 1.62 bits per heavy atom. The number of hydrogen-bond acceptors (Lipinski definition) is 3. The summed E-state index contributed by atoms with van der Waals surface area (Å²) in [4.78, 5) is 15.2. The summed E-state index contributed by atoms with van der Waals surface area (Å²) >= 11 is 12.1. The van der Waals surface area contributed by atoms with Gasteiger partial charge >= 0.3 is 5.97 Å². The van der Waals surface area contributed by atoms with E-state index in [4.69, 9.17) is 23.2 Å². The molecule has 1 atom stereocenters. The van der Waals surface area contributed by atoms with Crippen molar-refractivity contribution in [1.29, 1.82) is 0 Å². The minimum atomic E-state index is -0.300. The monoisotopic (exact) mass is 263 g/mol. The molecule has 16 heavy (non-hydrogen) atoms. The third-order valence-corrected chi connectivity index (χ3v) is 3.06.